The number of rotatable bonds is 4. The van der Waals surface area contributed by atoms with Crippen molar-refractivity contribution in [2.45, 2.75) is 20.3 Å². The molecule has 0 radical (unpaired) electrons. The highest BCUT2D eigenvalue weighted by Gasteiger charge is 1.99. The van der Waals surface area contributed by atoms with Crippen molar-refractivity contribution in [3.8, 4) is 5.75 Å². The van der Waals surface area contributed by atoms with Gasteiger partial charge < -0.3 is 4.74 Å². The van der Waals surface area contributed by atoms with Gasteiger partial charge in [0.05, 0.1) is 7.11 Å². The zero-order chi connectivity index (χ0) is 11.3. The maximum Gasteiger partial charge on any atom is 0.121 e. The molecule has 0 fully saturated rings. The minimum Gasteiger partial charge on any atom is -0.496 e. The molecule has 1 aromatic rings. The summed E-state index contributed by atoms with van der Waals surface area (Å²) in [6.45, 7) is 4.16. The van der Waals surface area contributed by atoms with Crippen molar-refractivity contribution in [2.75, 3.05) is 13.0 Å². The van der Waals surface area contributed by atoms with Crippen molar-refractivity contribution >= 4 is 17.7 Å². The molecule has 0 aromatic heterocycles. The van der Waals surface area contributed by atoms with E-state index in [2.05, 4.69) is 19.1 Å². The van der Waals surface area contributed by atoms with Crippen LogP contribution >= 0.6 is 11.6 Å². The third-order valence-electron chi connectivity index (χ3n) is 2.42. The van der Waals surface area contributed by atoms with Gasteiger partial charge in [-0.05, 0) is 36.6 Å². The average molecular weight is 225 g/mol. The minimum atomic E-state index is 0.599. The highest BCUT2D eigenvalue weighted by atomic mass is 35.5. The Morgan fingerprint density at radius 1 is 1.47 bits per heavy atom. The molecule has 0 saturated heterocycles. The summed E-state index contributed by atoms with van der Waals surface area (Å²) in [5.74, 6) is 1.53. The summed E-state index contributed by atoms with van der Waals surface area (Å²) < 4.78 is 5.21. The van der Waals surface area contributed by atoms with Crippen molar-refractivity contribution in [3.05, 3.63) is 34.9 Å². The summed E-state index contributed by atoms with van der Waals surface area (Å²) in [6.07, 6.45) is 3.13. The monoisotopic (exact) mass is 224 g/mol. The van der Waals surface area contributed by atoms with Gasteiger partial charge in [-0.1, -0.05) is 24.6 Å². The highest BCUT2D eigenvalue weighted by molar-refractivity contribution is 6.19. The molecule has 0 saturated carbocycles. The zero-order valence-electron chi connectivity index (χ0n) is 9.51. The van der Waals surface area contributed by atoms with E-state index in [0.29, 0.717) is 5.88 Å². The van der Waals surface area contributed by atoms with Crippen LogP contribution in [0.4, 0.5) is 0 Å². The van der Waals surface area contributed by atoms with Gasteiger partial charge in [-0.15, -0.1) is 11.6 Å². The van der Waals surface area contributed by atoms with E-state index in [1.165, 1.54) is 11.1 Å². The molecule has 0 aliphatic heterocycles. The van der Waals surface area contributed by atoms with Gasteiger partial charge in [0.15, 0.2) is 0 Å². The van der Waals surface area contributed by atoms with Crippen molar-refractivity contribution in [3.63, 3.8) is 0 Å². The summed E-state index contributed by atoms with van der Waals surface area (Å²) in [5, 5.41) is 0. The molecule has 0 unspecified atom stereocenters. The molecule has 1 nitrogen and oxygen atoms in total. The van der Waals surface area contributed by atoms with Gasteiger partial charge in [0.25, 0.3) is 0 Å². The number of allylic oxidation sites excluding steroid dienone is 1. The Morgan fingerprint density at radius 3 is 2.67 bits per heavy atom. The molecular formula is C13H17ClO. The maximum atomic E-state index is 5.82. The summed E-state index contributed by atoms with van der Waals surface area (Å²) in [7, 11) is 1.69. The molecule has 0 aliphatic carbocycles. The van der Waals surface area contributed by atoms with Crippen LogP contribution in [0, 0.1) is 6.92 Å². The molecule has 15 heavy (non-hydrogen) atoms. The van der Waals surface area contributed by atoms with Crippen LogP contribution in [0.15, 0.2) is 23.8 Å². The third kappa shape index (κ3) is 3.28. The first-order valence-corrected chi connectivity index (χ1v) is 5.64. The van der Waals surface area contributed by atoms with E-state index in [0.717, 1.165) is 17.7 Å². The van der Waals surface area contributed by atoms with Crippen LogP contribution in [-0.2, 0) is 0 Å². The molecule has 1 aromatic carbocycles. The van der Waals surface area contributed by atoms with Crippen LogP contribution in [0.25, 0.3) is 6.08 Å². The Kier molecular flexibility index (Phi) is 4.70. The second-order valence-electron chi connectivity index (χ2n) is 3.52. The van der Waals surface area contributed by atoms with E-state index < -0.39 is 0 Å². The maximum absolute atomic E-state index is 5.82. The van der Waals surface area contributed by atoms with E-state index >= 15 is 0 Å². The molecule has 0 atom stereocenters. The smallest absolute Gasteiger partial charge is 0.121 e. The molecule has 0 N–H and O–H groups in total. The lowest BCUT2D eigenvalue weighted by Gasteiger charge is -2.06. The van der Waals surface area contributed by atoms with Crippen LogP contribution in [0.3, 0.4) is 0 Å². The van der Waals surface area contributed by atoms with Gasteiger partial charge in [0.1, 0.15) is 5.75 Å². The number of halogens is 1. The molecular weight excluding hydrogens is 208 g/mol. The fourth-order valence-corrected chi connectivity index (χ4v) is 1.73. The van der Waals surface area contributed by atoms with E-state index in [4.69, 9.17) is 16.3 Å². The normalized spacial score (nSPS) is 11.6. The molecule has 0 amide bonds. The fraction of sp³-hybridized carbons (Fsp3) is 0.385. The summed E-state index contributed by atoms with van der Waals surface area (Å²) >= 11 is 5.82. The summed E-state index contributed by atoms with van der Waals surface area (Å²) in [5.41, 5.74) is 3.59. The number of methoxy groups -OCH3 is 1. The van der Waals surface area contributed by atoms with E-state index in [1.54, 1.807) is 7.11 Å². The first kappa shape index (κ1) is 12.1. The second kappa shape index (κ2) is 5.82. The number of hydrogen-bond donors (Lipinski definition) is 0. The number of aryl methyl sites for hydroxylation is 1. The highest BCUT2D eigenvalue weighted by Crippen LogP contribution is 2.20. The van der Waals surface area contributed by atoms with E-state index in [9.17, 15) is 0 Å². The minimum absolute atomic E-state index is 0.599. The standard InChI is InChI=1S/C13H17ClO/c1-4-11(9-14)8-12-5-6-13(15-3)10(2)7-12/h5-8H,4,9H2,1-3H3. The third-order valence-corrected chi connectivity index (χ3v) is 2.76. The Bertz CT molecular complexity index is 350. The SMILES string of the molecule is CCC(=Cc1ccc(OC)c(C)c1)CCl. The molecule has 0 heterocycles. The Hall–Kier alpha value is -0.950. The lowest BCUT2D eigenvalue weighted by atomic mass is 10.1. The average Bonchev–Trinajstić information content (AvgIpc) is 2.26. The first-order valence-electron chi connectivity index (χ1n) is 5.11. The lowest BCUT2D eigenvalue weighted by molar-refractivity contribution is 0.411. The predicted molar refractivity (Wildman–Crippen MR) is 66.7 cm³/mol. The predicted octanol–water partition coefficient (Wildman–Crippen LogP) is 4.04. The van der Waals surface area contributed by atoms with Crippen LogP contribution in [-0.4, -0.2) is 13.0 Å². The van der Waals surface area contributed by atoms with Crippen LogP contribution in [0.2, 0.25) is 0 Å². The van der Waals surface area contributed by atoms with Gasteiger partial charge in [-0.2, -0.15) is 0 Å². The zero-order valence-corrected chi connectivity index (χ0v) is 10.3. The van der Waals surface area contributed by atoms with Crippen LogP contribution in [0.1, 0.15) is 24.5 Å². The van der Waals surface area contributed by atoms with Gasteiger partial charge in [0.2, 0.25) is 0 Å². The van der Waals surface area contributed by atoms with Crippen molar-refractivity contribution in [2.24, 2.45) is 0 Å². The van der Waals surface area contributed by atoms with Crippen LogP contribution in [0.5, 0.6) is 5.75 Å². The number of alkyl halides is 1. The van der Waals surface area contributed by atoms with Gasteiger partial charge in [0, 0.05) is 5.88 Å². The number of hydrogen-bond acceptors (Lipinski definition) is 1. The Labute approximate surface area is 96.7 Å². The van der Waals surface area contributed by atoms with Gasteiger partial charge >= 0.3 is 0 Å². The van der Waals surface area contributed by atoms with Crippen molar-refractivity contribution < 1.29 is 4.74 Å². The molecule has 0 spiro atoms. The summed E-state index contributed by atoms with van der Waals surface area (Å²) in [4.78, 5) is 0. The largest absolute Gasteiger partial charge is 0.496 e. The van der Waals surface area contributed by atoms with Gasteiger partial charge in [-0.3, -0.25) is 0 Å². The fourth-order valence-electron chi connectivity index (χ4n) is 1.46. The van der Waals surface area contributed by atoms with Crippen molar-refractivity contribution in [1.29, 1.82) is 0 Å². The van der Waals surface area contributed by atoms with E-state index in [-0.39, 0.29) is 0 Å². The number of ether oxygens (including phenoxy) is 1. The number of benzene rings is 1. The lowest BCUT2D eigenvalue weighted by Crippen LogP contribution is -1.88. The summed E-state index contributed by atoms with van der Waals surface area (Å²) in [6, 6.07) is 6.15. The van der Waals surface area contributed by atoms with Gasteiger partial charge in [-0.25, -0.2) is 0 Å². The molecule has 0 bridgehead atoms. The topological polar surface area (TPSA) is 9.23 Å². The quantitative estimate of drug-likeness (QED) is 0.702. The molecule has 2 heteroatoms. The van der Waals surface area contributed by atoms with E-state index in [1.807, 2.05) is 19.1 Å². The molecule has 0 aliphatic rings. The van der Waals surface area contributed by atoms with Crippen molar-refractivity contribution in [1.82, 2.24) is 0 Å². The molecule has 82 valence electrons. The Balaban J connectivity index is 2.97. The Morgan fingerprint density at radius 2 is 2.20 bits per heavy atom. The van der Waals surface area contributed by atoms with Crippen LogP contribution < -0.4 is 4.74 Å². The second-order valence-corrected chi connectivity index (χ2v) is 3.79. The molecule has 1 rings (SSSR count). The first-order chi connectivity index (χ1) is 7.21.